The van der Waals surface area contributed by atoms with Gasteiger partial charge in [-0.1, -0.05) is 6.08 Å². The lowest BCUT2D eigenvalue weighted by atomic mass is 10.7. The summed E-state index contributed by atoms with van der Waals surface area (Å²) in [7, 11) is 0. The summed E-state index contributed by atoms with van der Waals surface area (Å²) in [5.41, 5.74) is 1.93. The van der Waals surface area contributed by atoms with E-state index in [0.29, 0.717) is 6.54 Å². The Balaban J connectivity index is 0. The molecule has 0 amide bonds. The lowest BCUT2D eigenvalue weighted by Gasteiger charge is -1.85. The third kappa shape index (κ3) is 25.4. The van der Waals surface area contributed by atoms with E-state index in [9.17, 15) is 20.2 Å². The maximum Gasteiger partial charge on any atom is 0.294 e. The average molecular weight is 193 g/mol. The molecule has 0 atom stereocenters. The fraction of sp³-hybridized carbons (Fsp3) is 0.600. The van der Waals surface area contributed by atoms with Crippen LogP contribution in [0, 0.1) is 20.2 Å². The molecule has 0 bridgehead atoms. The molecular weight excluding hydrogens is 182 g/mol. The number of nitrogens with zero attached hydrogens (tertiary/aromatic N) is 2. The largest absolute Gasteiger partial charge is 0.310 e. The fourth-order valence-electron chi connectivity index (χ4n) is 0.243. The van der Waals surface area contributed by atoms with Crippen molar-refractivity contribution in [2.24, 2.45) is 0 Å². The van der Waals surface area contributed by atoms with Crippen LogP contribution in [0.1, 0.15) is 6.92 Å². The molecule has 8 nitrogen and oxygen atoms in total. The Morgan fingerprint density at radius 3 is 2.15 bits per heavy atom. The molecule has 1 N–H and O–H groups in total. The smallest absolute Gasteiger partial charge is 0.294 e. The minimum atomic E-state index is -0.859. The third-order valence-corrected chi connectivity index (χ3v) is 0.585. The highest BCUT2D eigenvalue weighted by Gasteiger charge is 1.85. The van der Waals surface area contributed by atoms with Crippen molar-refractivity contribution in [3.8, 4) is 0 Å². The van der Waals surface area contributed by atoms with Crippen LogP contribution in [0.3, 0.4) is 0 Å². The molecule has 0 rings (SSSR count). The van der Waals surface area contributed by atoms with Crippen molar-refractivity contribution in [2.75, 3.05) is 13.2 Å². The highest BCUT2D eigenvalue weighted by Crippen LogP contribution is 1.71. The molecular formula is C5H11N3O5. The van der Waals surface area contributed by atoms with Crippen molar-refractivity contribution >= 4 is 0 Å². The fourth-order valence-corrected chi connectivity index (χ4v) is 0.243. The number of hydrazine groups is 1. The standard InChI is InChI=1S/C3H5NO3.C2H6N2O2/c1-2-3-7-4(5)6;1-2-3-4(5)6/h2H,1,3H2;3H,2H2,1H3. The maximum absolute atomic E-state index is 9.29. The summed E-state index contributed by atoms with van der Waals surface area (Å²) >= 11 is 0. The van der Waals surface area contributed by atoms with E-state index in [1.165, 1.54) is 6.08 Å². The van der Waals surface area contributed by atoms with Gasteiger partial charge in [-0.2, -0.15) is 0 Å². The summed E-state index contributed by atoms with van der Waals surface area (Å²) in [4.78, 5) is 22.4. The van der Waals surface area contributed by atoms with E-state index < -0.39 is 10.1 Å². The van der Waals surface area contributed by atoms with Crippen LogP contribution < -0.4 is 5.43 Å². The van der Waals surface area contributed by atoms with Gasteiger partial charge < -0.3 is 4.84 Å². The molecule has 0 fully saturated rings. The van der Waals surface area contributed by atoms with E-state index in [2.05, 4.69) is 11.4 Å². The van der Waals surface area contributed by atoms with Crippen molar-refractivity contribution in [3.63, 3.8) is 0 Å². The molecule has 0 radical (unpaired) electrons. The predicted molar refractivity (Wildman–Crippen MR) is 43.8 cm³/mol. The first-order chi connectivity index (χ1) is 6.04. The summed E-state index contributed by atoms with van der Waals surface area (Å²) in [6, 6.07) is 0. The molecule has 0 saturated heterocycles. The molecule has 0 aromatic heterocycles. The second-order valence-electron chi connectivity index (χ2n) is 1.58. The highest BCUT2D eigenvalue weighted by atomic mass is 16.9. The zero-order chi connectivity index (χ0) is 10.7. The Kier molecular flexibility index (Phi) is 10.7. The van der Waals surface area contributed by atoms with Gasteiger partial charge in [-0.25, -0.2) is 10.1 Å². The van der Waals surface area contributed by atoms with Gasteiger partial charge in [0.25, 0.3) is 5.09 Å². The van der Waals surface area contributed by atoms with Gasteiger partial charge in [-0.3, -0.25) is 0 Å². The first kappa shape index (κ1) is 13.7. The second-order valence-corrected chi connectivity index (χ2v) is 1.58. The number of nitro groups is 1. The van der Waals surface area contributed by atoms with Crippen LogP contribution in [0.4, 0.5) is 0 Å². The molecule has 0 heterocycles. The van der Waals surface area contributed by atoms with Gasteiger partial charge in [0.1, 0.15) is 6.61 Å². The van der Waals surface area contributed by atoms with E-state index in [0.717, 1.165) is 0 Å². The van der Waals surface area contributed by atoms with Gasteiger partial charge in [0, 0.05) is 0 Å². The van der Waals surface area contributed by atoms with Crippen LogP contribution >= 0.6 is 0 Å². The molecule has 0 saturated carbocycles. The van der Waals surface area contributed by atoms with E-state index in [4.69, 9.17) is 0 Å². The van der Waals surface area contributed by atoms with Crippen molar-refractivity contribution in [1.29, 1.82) is 0 Å². The molecule has 0 spiro atoms. The first-order valence-corrected chi connectivity index (χ1v) is 3.30. The Bertz CT molecular complexity index is 172. The van der Waals surface area contributed by atoms with Gasteiger partial charge in [0.05, 0.1) is 6.54 Å². The lowest BCUT2D eigenvalue weighted by Crippen LogP contribution is -2.19. The van der Waals surface area contributed by atoms with Crippen molar-refractivity contribution in [1.82, 2.24) is 5.43 Å². The number of rotatable bonds is 5. The Labute approximate surface area is 74.4 Å². The Morgan fingerprint density at radius 2 is 2.08 bits per heavy atom. The van der Waals surface area contributed by atoms with Crippen LogP contribution in [0.2, 0.25) is 0 Å². The number of hydrogen-bond donors (Lipinski definition) is 1. The molecule has 0 aromatic carbocycles. The van der Waals surface area contributed by atoms with Gasteiger partial charge in [-0.05, 0) is 6.92 Å². The topological polar surface area (TPSA) is 108 Å². The maximum atomic E-state index is 9.29. The van der Waals surface area contributed by atoms with Gasteiger partial charge in [0.2, 0.25) is 0 Å². The zero-order valence-corrected chi connectivity index (χ0v) is 7.13. The normalized spacial score (nSPS) is 7.46. The molecule has 0 aromatic rings. The van der Waals surface area contributed by atoms with Crippen molar-refractivity contribution in [3.05, 3.63) is 32.9 Å². The van der Waals surface area contributed by atoms with E-state index in [-0.39, 0.29) is 6.61 Å². The molecule has 13 heavy (non-hydrogen) atoms. The summed E-state index contributed by atoms with van der Waals surface area (Å²) in [6.07, 6.45) is 1.31. The molecule has 0 aliphatic rings. The first-order valence-electron chi connectivity index (χ1n) is 3.30. The quantitative estimate of drug-likeness (QED) is 0.378. The lowest BCUT2D eigenvalue weighted by molar-refractivity contribution is -0.755. The van der Waals surface area contributed by atoms with E-state index in [1.54, 1.807) is 6.92 Å². The van der Waals surface area contributed by atoms with Crippen LogP contribution in [0.15, 0.2) is 12.7 Å². The number of nitrogens with one attached hydrogen (secondary N) is 1. The van der Waals surface area contributed by atoms with Crippen LogP contribution in [0.5, 0.6) is 0 Å². The van der Waals surface area contributed by atoms with Gasteiger partial charge in [0.15, 0.2) is 5.03 Å². The average Bonchev–Trinajstić information content (AvgIpc) is 2.01. The second kappa shape index (κ2) is 10.1. The molecule has 0 aliphatic carbocycles. The highest BCUT2D eigenvalue weighted by molar-refractivity contribution is 4.61. The monoisotopic (exact) mass is 193 g/mol. The Morgan fingerprint density at radius 1 is 1.54 bits per heavy atom. The van der Waals surface area contributed by atoms with Crippen molar-refractivity contribution < 1.29 is 15.0 Å². The zero-order valence-electron chi connectivity index (χ0n) is 7.13. The molecule has 76 valence electrons. The Hall–Kier alpha value is -1.86. The summed E-state index contributed by atoms with van der Waals surface area (Å²) in [5.74, 6) is 0. The SMILES string of the molecule is C=CCO[N+](=O)[O-].CCN[N+](=O)[O-]. The summed E-state index contributed by atoms with van der Waals surface area (Å²) < 4.78 is 0. The third-order valence-electron chi connectivity index (χ3n) is 0.585. The van der Waals surface area contributed by atoms with E-state index >= 15 is 0 Å². The summed E-state index contributed by atoms with van der Waals surface area (Å²) in [6.45, 7) is 5.22. The minimum Gasteiger partial charge on any atom is -0.310 e. The van der Waals surface area contributed by atoms with E-state index in [1.807, 2.05) is 5.43 Å². The predicted octanol–water partition coefficient (Wildman–Crippen LogP) is 0.168. The molecule has 8 heteroatoms. The summed E-state index contributed by atoms with van der Waals surface area (Å²) in [5, 5.41) is 17.2. The van der Waals surface area contributed by atoms with Crippen LogP contribution in [-0.4, -0.2) is 23.3 Å². The van der Waals surface area contributed by atoms with Crippen LogP contribution in [-0.2, 0) is 4.84 Å². The van der Waals surface area contributed by atoms with Crippen LogP contribution in [0.25, 0.3) is 0 Å². The number of hydrogen-bond acceptors (Lipinski definition) is 5. The van der Waals surface area contributed by atoms with Gasteiger partial charge >= 0.3 is 0 Å². The van der Waals surface area contributed by atoms with Crippen molar-refractivity contribution in [2.45, 2.75) is 6.92 Å². The van der Waals surface area contributed by atoms with Gasteiger partial charge in [-0.15, -0.1) is 22.1 Å². The molecule has 0 unspecified atom stereocenters. The molecule has 0 aliphatic heterocycles. The minimum absolute atomic E-state index is 0.0347.